The van der Waals surface area contributed by atoms with Crippen molar-refractivity contribution in [2.24, 2.45) is 20.5 Å². The molecule has 0 aliphatic rings. The molecule has 348 valence electrons. The molecule has 1 amide bonds. The molecule has 0 atom stereocenters. The predicted octanol–water partition coefficient (Wildman–Crippen LogP) is 5.07. The summed E-state index contributed by atoms with van der Waals surface area (Å²) in [6, 6.07) is 16.5. The number of nitrogen functional groups attached to an aromatic ring is 1. The van der Waals surface area contributed by atoms with Gasteiger partial charge in [0.2, 0.25) is 0 Å². The van der Waals surface area contributed by atoms with E-state index in [1.807, 2.05) is 0 Å². The first-order chi connectivity index (χ1) is 30.3. The van der Waals surface area contributed by atoms with E-state index in [0.717, 1.165) is 36.4 Å². The van der Waals surface area contributed by atoms with E-state index in [4.69, 9.17) is 20.1 Å². The number of nitrogens with zero attached hydrogens (tertiary/aromatic N) is 4. The van der Waals surface area contributed by atoms with E-state index in [1.54, 1.807) is 0 Å². The molecule has 32 heteroatoms. The molecule has 0 saturated carbocycles. The Morgan fingerprint density at radius 2 is 1.14 bits per heavy atom. The third-order valence-corrected chi connectivity index (χ3v) is 14.0. The fourth-order valence-electron chi connectivity index (χ4n) is 5.32. The molecule has 0 bridgehead atoms. The number of fused-ring (bicyclic) bond motifs is 1. The number of amides is 1. The number of phenolic OH excluding ortho intramolecular Hbond substituents is 1. The molecule has 0 radical (unpaired) electrons. The fourth-order valence-corrected chi connectivity index (χ4v) is 9.46. The van der Waals surface area contributed by atoms with E-state index in [0.29, 0.717) is 0 Å². The molecule has 0 unspecified atom stereocenters. The van der Waals surface area contributed by atoms with Crippen LogP contribution in [0.5, 0.6) is 5.75 Å². The number of hydrogen-bond acceptors (Lipinski definition) is 23. The monoisotopic (exact) mass is 1020 g/mol. The largest absolute Gasteiger partial charge is 0.505 e. The summed E-state index contributed by atoms with van der Waals surface area (Å²) >= 11 is 0.256. The highest BCUT2D eigenvalue weighted by Crippen LogP contribution is 2.49. The number of nitrogens with one attached hydrogen (secondary N) is 1. The highest BCUT2D eigenvalue weighted by molar-refractivity contribution is 7.94. The second-order valence-electron chi connectivity index (χ2n) is 12.6. The summed E-state index contributed by atoms with van der Waals surface area (Å²) in [6.07, 6.45) is 0. The summed E-state index contributed by atoms with van der Waals surface area (Å²) in [4.78, 5) is 11.3. The summed E-state index contributed by atoms with van der Waals surface area (Å²) in [5, 5.41) is 41.7. The third-order valence-electron chi connectivity index (χ3n) is 8.24. The Morgan fingerprint density at radius 1 is 0.662 bits per heavy atom. The number of azo groups is 2. The van der Waals surface area contributed by atoms with Crippen LogP contribution in [0.3, 0.4) is 0 Å². The molecule has 65 heavy (non-hydrogen) atoms. The minimum atomic E-state index is -5.12. The molecule has 0 spiro atoms. The van der Waals surface area contributed by atoms with Crippen molar-refractivity contribution >= 4 is 113 Å². The second-order valence-corrected chi connectivity index (χ2v) is 21.1. The quantitative estimate of drug-likeness (QED) is 0.0133. The van der Waals surface area contributed by atoms with Crippen molar-refractivity contribution in [1.82, 2.24) is 0 Å². The molecule has 0 aliphatic carbocycles. The van der Waals surface area contributed by atoms with Gasteiger partial charge < -0.3 is 16.2 Å². The molecule has 0 heterocycles. The van der Waals surface area contributed by atoms with Crippen LogP contribution in [0.4, 0.5) is 34.1 Å². The lowest BCUT2D eigenvalue weighted by atomic mass is 10.1. The molecular weight excluding hydrogens is 993 g/mol. The number of hydrogen-bond donors (Lipinski definition) is 7. The number of anilines is 2. The number of sulfone groups is 2. The highest BCUT2D eigenvalue weighted by atomic mass is 32.3. The van der Waals surface area contributed by atoms with Crippen molar-refractivity contribution in [2.75, 3.05) is 35.8 Å². The summed E-state index contributed by atoms with van der Waals surface area (Å²) in [7, 11) is -23.0. The Hall–Kier alpha value is -5.59. The first-order valence-electron chi connectivity index (χ1n) is 17.2. The maximum absolute atomic E-state index is 12.9. The van der Waals surface area contributed by atoms with Gasteiger partial charge in [-0.05, 0) is 90.3 Å². The van der Waals surface area contributed by atoms with E-state index in [9.17, 15) is 56.5 Å². The van der Waals surface area contributed by atoms with Crippen molar-refractivity contribution in [1.29, 1.82) is 0 Å². The zero-order valence-corrected chi connectivity index (χ0v) is 37.0. The van der Waals surface area contributed by atoms with Crippen molar-refractivity contribution < 1.29 is 88.6 Å². The van der Waals surface area contributed by atoms with Gasteiger partial charge in [0.1, 0.15) is 16.3 Å². The molecule has 26 nitrogen and oxygen atoms in total. The molecule has 0 aliphatic heterocycles. The maximum atomic E-state index is 12.9. The minimum Gasteiger partial charge on any atom is -0.505 e. The Balaban J connectivity index is 1.40. The number of benzene rings is 5. The lowest BCUT2D eigenvalue weighted by molar-refractivity contribution is -0.432. The van der Waals surface area contributed by atoms with E-state index < -0.39 is 109 Å². The molecular formula is C33H30N6O20S6. The Morgan fingerprint density at radius 3 is 1.62 bits per heavy atom. The van der Waals surface area contributed by atoms with Crippen LogP contribution in [0.25, 0.3) is 10.8 Å². The summed E-state index contributed by atoms with van der Waals surface area (Å²) in [5.74, 6) is -3.03. The second kappa shape index (κ2) is 20.3. The number of carbonyl (C=O) groups is 1. The Bertz CT molecular complexity index is 3250. The smallest absolute Gasteiger partial charge is 0.397 e. The summed E-state index contributed by atoms with van der Waals surface area (Å²) in [5.41, 5.74) is 4.93. The lowest BCUT2D eigenvalue weighted by Gasteiger charge is -2.14. The number of nitrogens with two attached hydrogens (primary N) is 1. The average molecular weight is 1020 g/mol. The van der Waals surface area contributed by atoms with Crippen molar-refractivity contribution in [3.8, 4) is 5.75 Å². The minimum absolute atomic E-state index is 0.00537. The van der Waals surface area contributed by atoms with Gasteiger partial charge in [0.25, 0.3) is 16.0 Å². The molecule has 0 fully saturated rings. The van der Waals surface area contributed by atoms with Crippen LogP contribution in [-0.2, 0) is 68.3 Å². The zero-order valence-electron chi connectivity index (χ0n) is 32.1. The first-order valence-corrected chi connectivity index (χ1v) is 25.4. The van der Waals surface area contributed by atoms with Gasteiger partial charge in [0.15, 0.2) is 25.4 Å². The van der Waals surface area contributed by atoms with Crippen molar-refractivity contribution in [3.05, 3.63) is 90.5 Å². The standard InChI is InChI=1S/C33H30N6O20S6/c34-29-28-20(17-26(60-59-58-42)30(32(28)40)38-36-23-7-11-25(12-8-23)62(45,46)16-14-57-65(53,54)55)18-27(63(47,48)49)31(29)39-37-22-3-1-19(2-4-22)33(41)35-21-5-9-24(10-6-21)61(43,44)15-13-56-64(50,51)52/h1-12,17-18,40,42H,13-16,34H2,(H,35,41)(H,47,48,49)(H,50,51,52)(H,53,54,55). The zero-order chi connectivity index (χ0) is 48.0. The molecule has 5 rings (SSSR count). The normalized spacial score (nSPS) is 12.9. The molecule has 0 aromatic heterocycles. The molecule has 5 aromatic carbocycles. The van der Waals surface area contributed by atoms with Crippen molar-refractivity contribution in [2.45, 2.75) is 19.6 Å². The fraction of sp³-hybridized carbons (Fsp3) is 0.121. The summed E-state index contributed by atoms with van der Waals surface area (Å²) in [6.45, 7) is -1.71. The maximum Gasteiger partial charge on any atom is 0.397 e. The summed E-state index contributed by atoms with van der Waals surface area (Å²) < 4.78 is 158. The number of phenols is 1. The first kappa shape index (κ1) is 50.4. The van der Waals surface area contributed by atoms with Gasteiger partial charge in [-0.3, -0.25) is 18.5 Å². The number of carbonyl (C=O) groups excluding carboxylic acids is 1. The highest BCUT2D eigenvalue weighted by Gasteiger charge is 2.26. The van der Waals surface area contributed by atoms with Crippen LogP contribution >= 0.6 is 12.0 Å². The van der Waals surface area contributed by atoms with E-state index in [2.05, 4.69) is 43.5 Å². The predicted molar refractivity (Wildman–Crippen MR) is 225 cm³/mol. The Kier molecular flexibility index (Phi) is 15.7. The van der Waals surface area contributed by atoms with E-state index in [1.165, 1.54) is 48.5 Å². The van der Waals surface area contributed by atoms with Crippen molar-refractivity contribution in [3.63, 3.8) is 0 Å². The van der Waals surface area contributed by atoms with Gasteiger partial charge >= 0.3 is 20.8 Å². The molecule has 8 N–H and O–H groups in total. The average Bonchev–Trinajstić information content (AvgIpc) is 3.21. The number of rotatable bonds is 20. The molecule has 0 saturated heterocycles. The van der Waals surface area contributed by atoms with Crippen LogP contribution < -0.4 is 11.1 Å². The molecule has 5 aromatic rings. The number of aromatic hydroxyl groups is 1. The van der Waals surface area contributed by atoms with Gasteiger partial charge in [0.05, 0.1) is 73.9 Å². The van der Waals surface area contributed by atoms with Crippen LogP contribution in [0, 0.1) is 0 Å². The van der Waals surface area contributed by atoms with Gasteiger partial charge in [-0.1, -0.05) is 5.04 Å². The topological polar surface area (TPSA) is 413 Å². The SMILES string of the molecule is Nc1c(N=Nc2ccc(C(=O)Nc3ccc(S(=O)(=O)CCOS(=O)(=O)O)cc3)cc2)c(S(=O)(=O)O)cc2cc(SOOO)c(N=Nc3ccc(S(=O)(=O)CCOS(=O)(=O)O)cc3)c(O)c12. The van der Waals surface area contributed by atoms with E-state index in [-0.39, 0.29) is 60.1 Å². The van der Waals surface area contributed by atoms with Crippen LogP contribution in [0.15, 0.2) is 125 Å². The third kappa shape index (κ3) is 13.7. The van der Waals surface area contributed by atoms with E-state index >= 15 is 0 Å². The van der Waals surface area contributed by atoms with Gasteiger partial charge in [-0.15, -0.1) is 14.6 Å². The van der Waals surface area contributed by atoms with Gasteiger partial charge in [-0.25, -0.2) is 30.5 Å². The lowest BCUT2D eigenvalue weighted by Crippen LogP contribution is -2.15. The van der Waals surface area contributed by atoms with Crippen LogP contribution in [-0.4, -0.2) is 96.7 Å². The van der Waals surface area contributed by atoms with Gasteiger partial charge in [0, 0.05) is 11.3 Å². The van der Waals surface area contributed by atoms with Crippen LogP contribution in [0.1, 0.15) is 10.4 Å². The van der Waals surface area contributed by atoms with Gasteiger partial charge in [-0.2, -0.15) is 35.5 Å². The van der Waals surface area contributed by atoms with Crippen LogP contribution in [0.2, 0.25) is 0 Å². The Labute approximate surface area is 372 Å².